The molecule has 1 aromatic rings. The van der Waals surface area contributed by atoms with Crippen molar-refractivity contribution in [1.29, 1.82) is 0 Å². The van der Waals surface area contributed by atoms with Crippen molar-refractivity contribution in [2.24, 2.45) is 11.7 Å². The SMILES string of the molecule is COc1cccc2c1CC(CN)C2. The molecule has 2 heteroatoms. The molecule has 0 spiro atoms. The number of hydrogen-bond acceptors (Lipinski definition) is 2. The van der Waals surface area contributed by atoms with Gasteiger partial charge >= 0.3 is 0 Å². The molecular formula is C11H15NO. The normalized spacial score (nSPS) is 20.0. The highest BCUT2D eigenvalue weighted by molar-refractivity contribution is 5.43. The average Bonchev–Trinajstić information content (AvgIpc) is 2.59. The van der Waals surface area contributed by atoms with Crippen molar-refractivity contribution in [2.75, 3.05) is 13.7 Å². The number of hydrogen-bond donors (Lipinski definition) is 1. The van der Waals surface area contributed by atoms with E-state index in [0.717, 1.165) is 25.1 Å². The van der Waals surface area contributed by atoms with Crippen LogP contribution in [0.2, 0.25) is 0 Å². The molecule has 1 unspecified atom stereocenters. The van der Waals surface area contributed by atoms with Crippen LogP contribution in [0.1, 0.15) is 11.1 Å². The Balaban J connectivity index is 2.33. The van der Waals surface area contributed by atoms with Crippen LogP contribution in [-0.4, -0.2) is 13.7 Å². The summed E-state index contributed by atoms with van der Waals surface area (Å²) in [5.41, 5.74) is 8.44. The second kappa shape index (κ2) is 3.38. The molecule has 2 N–H and O–H groups in total. The monoisotopic (exact) mass is 177 g/mol. The summed E-state index contributed by atoms with van der Waals surface area (Å²) >= 11 is 0. The second-order valence-corrected chi connectivity index (χ2v) is 3.61. The summed E-state index contributed by atoms with van der Waals surface area (Å²) < 4.78 is 5.31. The molecule has 0 heterocycles. The van der Waals surface area contributed by atoms with Gasteiger partial charge in [-0.1, -0.05) is 12.1 Å². The van der Waals surface area contributed by atoms with Gasteiger partial charge in [0.1, 0.15) is 5.75 Å². The third kappa shape index (κ3) is 1.42. The van der Waals surface area contributed by atoms with Crippen LogP contribution in [0.3, 0.4) is 0 Å². The van der Waals surface area contributed by atoms with Crippen molar-refractivity contribution < 1.29 is 4.74 Å². The standard InChI is InChI=1S/C11H15NO/c1-13-11-4-2-3-9-5-8(7-12)6-10(9)11/h2-4,8H,5-7,12H2,1H3. The molecule has 0 saturated heterocycles. The Hall–Kier alpha value is -1.02. The molecule has 70 valence electrons. The van der Waals surface area contributed by atoms with Gasteiger partial charge in [-0.15, -0.1) is 0 Å². The Kier molecular flexibility index (Phi) is 2.23. The van der Waals surface area contributed by atoms with E-state index < -0.39 is 0 Å². The van der Waals surface area contributed by atoms with Crippen molar-refractivity contribution >= 4 is 0 Å². The van der Waals surface area contributed by atoms with E-state index in [4.69, 9.17) is 10.5 Å². The van der Waals surface area contributed by atoms with Crippen LogP contribution in [0.25, 0.3) is 0 Å². The lowest BCUT2D eigenvalue weighted by molar-refractivity contribution is 0.408. The molecule has 0 amide bonds. The largest absolute Gasteiger partial charge is 0.496 e. The van der Waals surface area contributed by atoms with Crippen LogP contribution >= 0.6 is 0 Å². The number of nitrogens with two attached hydrogens (primary N) is 1. The van der Waals surface area contributed by atoms with Crippen LogP contribution < -0.4 is 10.5 Å². The third-order valence-electron chi connectivity index (χ3n) is 2.78. The van der Waals surface area contributed by atoms with E-state index in [1.165, 1.54) is 11.1 Å². The summed E-state index contributed by atoms with van der Waals surface area (Å²) in [6.45, 7) is 0.776. The first-order chi connectivity index (χ1) is 6.35. The van der Waals surface area contributed by atoms with Gasteiger partial charge in [0.25, 0.3) is 0 Å². The fraction of sp³-hybridized carbons (Fsp3) is 0.455. The molecule has 0 radical (unpaired) electrons. The molecule has 1 aliphatic rings. The van der Waals surface area contributed by atoms with Crippen LogP contribution in [0.5, 0.6) is 5.75 Å². The summed E-state index contributed by atoms with van der Waals surface area (Å²) in [7, 11) is 1.73. The second-order valence-electron chi connectivity index (χ2n) is 3.61. The van der Waals surface area contributed by atoms with E-state index in [2.05, 4.69) is 12.1 Å². The first-order valence-corrected chi connectivity index (χ1v) is 4.70. The zero-order valence-electron chi connectivity index (χ0n) is 7.92. The minimum Gasteiger partial charge on any atom is -0.496 e. The molecular weight excluding hydrogens is 162 g/mol. The molecule has 0 fully saturated rings. The molecule has 0 aromatic heterocycles. The Bertz CT molecular complexity index is 309. The zero-order valence-corrected chi connectivity index (χ0v) is 7.92. The molecule has 0 bridgehead atoms. The minimum atomic E-state index is 0.617. The molecule has 0 aliphatic heterocycles. The number of fused-ring (bicyclic) bond motifs is 1. The molecule has 13 heavy (non-hydrogen) atoms. The number of benzene rings is 1. The van der Waals surface area contributed by atoms with Gasteiger partial charge in [-0.25, -0.2) is 0 Å². The Morgan fingerprint density at radius 2 is 2.31 bits per heavy atom. The lowest BCUT2D eigenvalue weighted by atomic mass is 10.1. The molecule has 1 aliphatic carbocycles. The number of ether oxygens (including phenoxy) is 1. The number of rotatable bonds is 2. The Labute approximate surface area is 78.7 Å². The van der Waals surface area contributed by atoms with Crippen LogP contribution in [0, 0.1) is 5.92 Å². The smallest absolute Gasteiger partial charge is 0.122 e. The third-order valence-corrected chi connectivity index (χ3v) is 2.78. The van der Waals surface area contributed by atoms with Crippen LogP contribution in [0.4, 0.5) is 0 Å². The minimum absolute atomic E-state index is 0.617. The summed E-state index contributed by atoms with van der Waals surface area (Å²) in [6, 6.07) is 6.25. The van der Waals surface area contributed by atoms with Gasteiger partial charge in [0.2, 0.25) is 0 Å². The van der Waals surface area contributed by atoms with Gasteiger partial charge < -0.3 is 10.5 Å². The number of methoxy groups -OCH3 is 1. The highest BCUT2D eigenvalue weighted by Gasteiger charge is 2.22. The van der Waals surface area contributed by atoms with Crippen molar-refractivity contribution in [3.8, 4) is 5.75 Å². The van der Waals surface area contributed by atoms with Crippen molar-refractivity contribution in [3.05, 3.63) is 29.3 Å². The van der Waals surface area contributed by atoms with E-state index >= 15 is 0 Å². The summed E-state index contributed by atoms with van der Waals surface area (Å²) in [5, 5.41) is 0. The van der Waals surface area contributed by atoms with E-state index in [9.17, 15) is 0 Å². The Morgan fingerprint density at radius 1 is 1.46 bits per heavy atom. The lowest BCUT2D eigenvalue weighted by Gasteiger charge is -2.05. The Morgan fingerprint density at radius 3 is 3.00 bits per heavy atom. The lowest BCUT2D eigenvalue weighted by Crippen LogP contribution is -2.13. The van der Waals surface area contributed by atoms with E-state index in [0.29, 0.717) is 5.92 Å². The molecule has 2 nitrogen and oxygen atoms in total. The maximum Gasteiger partial charge on any atom is 0.122 e. The molecule has 1 aromatic carbocycles. The first kappa shape index (κ1) is 8.57. The van der Waals surface area contributed by atoms with E-state index in [1.807, 2.05) is 6.07 Å². The van der Waals surface area contributed by atoms with Crippen molar-refractivity contribution in [3.63, 3.8) is 0 Å². The molecule has 0 saturated carbocycles. The highest BCUT2D eigenvalue weighted by Crippen LogP contribution is 2.32. The van der Waals surface area contributed by atoms with E-state index in [-0.39, 0.29) is 0 Å². The quantitative estimate of drug-likeness (QED) is 0.740. The predicted octanol–water partition coefficient (Wildman–Crippen LogP) is 1.37. The maximum atomic E-state index is 5.66. The van der Waals surface area contributed by atoms with Crippen molar-refractivity contribution in [2.45, 2.75) is 12.8 Å². The van der Waals surface area contributed by atoms with Gasteiger partial charge in [-0.05, 0) is 42.5 Å². The fourth-order valence-electron chi connectivity index (χ4n) is 2.06. The fourth-order valence-corrected chi connectivity index (χ4v) is 2.06. The predicted molar refractivity (Wildman–Crippen MR) is 52.9 cm³/mol. The van der Waals surface area contributed by atoms with Gasteiger partial charge in [-0.3, -0.25) is 0 Å². The topological polar surface area (TPSA) is 35.2 Å². The van der Waals surface area contributed by atoms with Gasteiger partial charge in [0, 0.05) is 0 Å². The maximum absolute atomic E-state index is 5.66. The summed E-state index contributed by atoms with van der Waals surface area (Å²) in [6.07, 6.45) is 2.19. The molecule has 2 rings (SSSR count). The van der Waals surface area contributed by atoms with Crippen LogP contribution in [0.15, 0.2) is 18.2 Å². The van der Waals surface area contributed by atoms with Crippen molar-refractivity contribution in [1.82, 2.24) is 0 Å². The summed E-state index contributed by atoms with van der Waals surface area (Å²) in [5.74, 6) is 1.64. The van der Waals surface area contributed by atoms with E-state index in [1.54, 1.807) is 7.11 Å². The summed E-state index contributed by atoms with van der Waals surface area (Å²) in [4.78, 5) is 0. The van der Waals surface area contributed by atoms with Gasteiger partial charge in [-0.2, -0.15) is 0 Å². The average molecular weight is 177 g/mol. The highest BCUT2D eigenvalue weighted by atomic mass is 16.5. The zero-order chi connectivity index (χ0) is 9.26. The first-order valence-electron chi connectivity index (χ1n) is 4.70. The van der Waals surface area contributed by atoms with Crippen LogP contribution in [-0.2, 0) is 12.8 Å². The van der Waals surface area contributed by atoms with Gasteiger partial charge in [0.05, 0.1) is 7.11 Å². The van der Waals surface area contributed by atoms with Gasteiger partial charge in [0.15, 0.2) is 0 Å². The molecule has 1 atom stereocenters.